The molecule has 6 heteroatoms. The summed E-state index contributed by atoms with van der Waals surface area (Å²) in [5.74, 6) is 1.56. The Bertz CT molecular complexity index is 544. The number of anilines is 1. The monoisotopic (exact) mass is 263 g/mol. The number of hydrogen-bond acceptors (Lipinski definition) is 6. The van der Waals surface area contributed by atoms with Gasteiger partial charge in [-0.1, -0.05) is 23.5 Å². The molecule has 0 saturated carbocycles. The smallest absolute Gasteiger partial charge is 0.205 e. The Balaban J connectivity index is 1.86. The zero-order chi connectivity index (χ0) is 12.4. The summed E-state index contributed by atoms with van der Waals surface area (Å²) >= 11 is 1.51. The van der Waals surface area contributed by atoms with Crippen molar-refractivity contribution in [1.82, 2.24) is 10.2 Å². The molecule has 2 aromatic rings. The third kappa shape index (κ3) is 2.11. The molecule has 1 aromatic carbocycles. The van der Waals surface area contributed by atoms with Crippen LogP contribution in [0.2, 0.25) is 0 Å². The van der Waals surface area contributed by atoms with Crippen molar-refractivity contribution >= 4 is 16.5 Å². The molecule has 1 unspecified atom stereocenters. The molecule has 1 atom stereocenters. The maximum Gasteiger partial charge on any atom is 0.205 e. The maximum absolute atomic E-state index is 5.96. The number of nitrogens with one attached hydrogen (secondary N) is 1. The molecule has 5 nitrogen and oxygen atoms in total. The molecule has 0 radical (unpaired) electrons. The van der Waals surface area contributed by atoms with E-state index < -0.39 is 0 Å². The van der Waals surface area contributed by atoms with Crippen LogP contribution in [0.4, 0.5) is 5.13 Å². The lowest BCUT2D eigenvalue weighted by Gasteiger charge is -2.12. The summed E-state index contributed by atoms with van der Waals surface area (Å²) in [4.78, 5) is 0. The van der Waals surface area contributed by atoms with Crippen LogP contribution in [0.3, 0.4) is 0 Å². The van der Waals surface area contributed by atoms with Crippen LogP contribution in [-0.2, 0) is 0 Å². The molecule has 94 valence electrons. The zero-order valence-corrected chi connectivity index (χ0v) is 10.7. The highest BCUT2D eigenvalue weighted by Gasteiger charge is 2.23. The Morgan fingerprint density at radius 3 is 2.89 bits per heavy atom. The van der Waals surface area contributed by atoms with Crippen molar-refractivity contribution in [2.45, 2.75) is 12.5 Å². The number of nitrogens with zero attached hydrogens (tertiary/aromatic N) is 2. The van der Waals surface area contributed by atoms with Gasteiger partial charge in [0.1, 0.15) is 0 Å². The summed E-state index contributed by atoms with van der Waals surface area (Å²) in [6, 6.07) is 7.70. The summed E-state index contributed by atoms with van der Waals surface area (Å²) in [6.45, 7) is 0.621. The Morgan fingerprint density at radius 2 is 2.11 bits per heavy atom. The third-order valence-corrected chi connectivity index (χ3v) is 3.72. The Labute approximate surface area is 109 Å². The van der Waals surface area contributed by atoms with E-state index in [1.165, 1.54) is 11.3 Å². The van der Waals surface area contributed by atoms with Gasteiger partial charge in [-0.15, -0.1) is 10.2 Å². The average Bonchev–Trinajstić information content (AvgIpc) is 2.78. The van der Waals surface area contributed by atoms with Gasteiger partial charge in [-0.3, -0.25) is 0 Å². The summed E-state index contributed by atoms with van der Waals surface area (Å²) in [6.07, 6.45) is 0.681. The van der Waals surface area contributed by atoms with Gasteiger partial charge in [0.05, 0.1) is 6.61 Å². The van der Waals surface area contributed by atoms with Crippen molar-refractivity contribution in [3.63, 3.8) is 0 Å². The van der Waals surface area contributed by atoms with Crippen LogP contribution < -0.4 is 14.8 Å². The second-order valence-corrected chi connectivity index (χ2v) is 4.89. The van der Waals surface area contributed by atoms with E-state index in [2.05, 4.69) is 15.5 Å². The van der Waals surface area contributed by atoms with Crippen molar-refractivity contribution < 1.29 is 9.47 Å². The Hall–Kier alpha value is -1.82. The highest BCUT2D eigenvalue weighted by atomic mass is 32.1. The first-order chi connectivity index (χ1) is 8.86. The van der Waals surface area contributed by atoms with E-state index in [-0.39, 0.29) is 6.10 Å². The maximum atomic E-state index is 5.96. The lowest BCUT2D eigenvalue weighted by molar-refractivity contribution is 0.193. The number of benzene rings is 1. The van der Waals surface area contributed by atoms with E-state index >= 15 is 0 Å². The number of fused-ring (bicyclic) bond motifs is 1. The second-order valence-electron chi connectivity index (χ2n) is 3.89. The Morgan fingerprint density at radius 1 is 1.28 bits per heavy atom. The van der Waals surface area contributed by atoms with Crippen LogP contribution >= 0.6 is 11.3 Å². The van der Waals surface area contributed by atoms with E-state index in [1.807, 2.05) is 31.3 Å². The minimum Gasteiger partial charge on any atom is -0.490 e. The first-order valence-corrected chi connectivity index (χ1v) is 6.58. The fraction of sp³-hybridized carbons (Fsp3) is 0.333. The molecule has 18 heavy (non-hydrogen) atoms. The highest BCUT2D eigenvalue weighted by Crippen LogP contribution is 2.36. The van der Waals surface area contributed by atoms with Gasteiger partial charge in [0.2, 0.25) is 5.13 Å². The van der Waals surface area contributed by atoms with Gasteiger partial charge in [-0.05, 0) is 12.1 Å². The van der Waals surface area contributed by atoms with Gasteiger partial charge in [0, 0.05) is 13.5 Å². The predicted molar refractivity (Wildman–Crippen MR) is 69.4 cm³/mol. The highest BCUT2D eigenvalue weighted by molar-refractivity contribution is 7.15. The van der Waals surface area contributed by atoms with Crippen LogP contribution in [0.25, 0.3) is 0 Å². The van der Waals surface area contributed by atoms with Crippen LogP contribution in [0, 0.1) is 0 Å². The molecule has 3 rings (SSSR count). The molecule has 0 fully saturated rings. The lowest BCUT2D eigenvalue weighted by Crippen LogP contribution is -2.08. The van der Waals surface area contributed by atoms with Gasteiger partial charge in [-0.2, -0.15) is 0 Å². The summed E-state index contributed by atoms with van der Waals surface area (Å²) in [7, 11) is 1.83. The SMILES string of the molecule is CNc1nnc(C2CCOc3ccccc3O2)s1. The number of hydrogen-bond donors (Lipinski definition) is 1. The van der Waals surface area contributed by atoms with Crippen molar-refractivity contribution in [2.75, 3.05) is 19.0 Å². The molecule has 2 heterocycles. The Kier molecular flexibility index (Phi) is 3.02. The van der Waals surface area contributed by atoms with Gasteiger partial charge in [0.15, 0.2) is 22.6 Å². The van der Waals surface area contributed by atoms with Gasteiger partial charge in [0.25, 0.3) is 0 Å². The number of ether oxygens (including phenoxy) is 2. The molecular formula is C12H13N3O2S. The largest absolute Gasteiger partial charge is 0.490 e. The summed E-state index contributed by atoms with van der Waals surface area (Å²) in [5, 5.41) is 12.8. The minimum absolute atomic E-state index is 0.0896. The molecule has 1 aliphatic rings. The van der Waals surface area contributed by atoms with Crippen LogP contribution in [0.1, 0.15) is 17.5 Å². The predicted octanol–water partition coefficient (Wildman–Crippen LogP) is 2.48. The van der Waals surface area contributed by atoms with Crippen molar-refractivity contribution in [2.24, 2.45) is 0 Å². The zero-order valence-electron chi connectivity index (χ0n) is 9.92. The third-order valence-electron chi connectivity index (χ3n) is 2.69. The first kappa shape index (κ1) is 11.3. The second kappa shape index (κ2) is 4.81. The first-order valence-electron chi connectivity index (χ1n) is 5.76. The molecule has 0 spiro atoms. The molecule has 0 saturated heterocycles. The topological polar surface area (TPSA) is 56.3 Å². The number of para-hydroxylation sites is 2. The fourth-order valence-electron chi connectivity index (χ4n) is 1.79. The van der Waals surface area contributed by atoms with E-state index in [1.54, 1.807) is 0 Å². The normalized spacial score (nSPS) is 18.2. The van der Waals surface area contributed by atoms with Crippen LogP contribution in [0.5, 0.6) is 11.5 Å². The van der Waals surface area contributed by atoms with E-state index in [9.17, 15) is 0 Å². The van der Waals surface area contributed by atoms with Crippen LogP contribution in [-0.4, -0.2) is 23.9 Å². The molecule has 0 amide bonds. The summed E-state index contributed by atoms with van der Waals surface area (Å²) < 4.78 is 11.6. The molecule has 1 aliphatic heterocycles. The van der Waals surface area contributed by atoms with Crippen LogP contribution in [0.15, 0.2) is 24.3 Å². The van der Waals surface area contributed by atoms with Gasteiger partial charge >= 0.3 is 0 Å². The minimum atomic E-state index is -0.0896. The average molecular weight is 263 g/mol. The molecule has 0 bridgehead atoms. The van der Waals surface area contributed by atoms with E-state index in [4.69, 9.17) is 9.47 Å². The number of rotatable bonds is 2. The lowest BCUT2D eigenvalue weighted by atomic mass is 10.3. The standard InChI is InChI=1S/C12H13N3O2S/c1-13-12-15-14-11(18-12)10-6-7-16-8-4-2-3-5-9(8)17-10/h2-5,10H,6-7H2,1H3,(H,13,15). The van der Waals surface area contributed by atoms with Crippen molar-refractivity contribution in [3.8, 4) is 11.5 Å². The molecular weight excluding hydrogens is 250 g/mol. The molecule has 1 N–H and O–H groups in total. The van der Waals surface area contributed by atoms with Crippen molar-refractivity contribution in [1.29, 1.82) is 0 Å². The number of aromatic nitrogens is 2. The van der Waals surface area contributed by atoms with Gasteiger partial charge in [-0.25, -0.2) is 0 Å². The fourth-order valence-corrected chi connectivity index (χ4v) is 2.56. The van der Waals surface area contributed by atoms with Crippen molar-refractivity contribution in [3.05, 3.63) is 29.3 Å². The van der Waals surface area contributed by atoms with E-state index in [0.717, 1.165) is 28.1 Å². The quantitative estimate of drug-likeness (QED) is 0.902. The molecule has 1 aromatic heterocycles. The summed E-state index contributed by atoms with van der Waals surface area (Å²) in [5.41, 5.74) is 0. The molecule has 0 aliphatic carbocycles. The van der Waals surface area contributed by atoms with Gasteiger partial charge < -0.3 is 14.8 Å². The van der Waals surface area contributed by atoms with E-state index in [0.29, 0.717) is 6.61 Å².